The van der Waals surface area contributed by atoms with Gasteiger partial charge < -0.3 is 24.4 Å². The van der Waals surface area contributed by atoms with E-state index in [1.807, 2.05) is 18.5 Å². The molecule has 2 aromatic carbocycles. The highest BCUT2D eigenvalue weighted by atomic mass is 16.5. The van der Waals surface area contributed by atoms with E-state index >= 15 is 0 Å². The van der Waals surface area contributed by atoms with E-state index in [1.54, 1.807) is 7.11 Å². The van der Waals surface area contributed by atoms with Gasteiger partial charge in [0.25, 0.3) is 0 Å². The molecule has 0 unspecified atom stereocenters. The molecule has 0 spiro atoms. The molecule has 6 rings (SSSR count). The molecule has 0 radical (unpaired) electrons. The van der Waals surface area contributed by atoms with Gasteiger partial charge in [0, 0.05) is 50.0 Å². The van der Waals surface area contributed by atoms with E-state index in [0.717, 1.165) is 73.3 Å². The van der Waals surface area contributed by atoms with Crippen molar-refractivity contribution in [3.63, 3.8) is 0 Å². The van der Waals surface area contributed by atoms with Gasteiger partial charge in [-0.2, -0.15) is 0 Å². The first-order chi connectivity index (χ1) is 19.2. The van der Waals surface area contributed by atoms with Crippen LogP contribution in [0.2, 0.25) is 0 Å². The van der Waals surface area contributed by atoms with Gasteiger partial charge in [-0.3, -0.25) is 0 Å². The van der Waals surface area contributed by atoms with Crippen LogP contribution >= 0.6 is 0 Å². The number of nitrogens with zero attached hydrogens (tertiary/aromatic N) is 6. The Morgan fingerprint density at radius 2 is 1.64 bits per heavy atom. The second kappa shape index (κ2) is 11.6. The average molecular weight is 526 g/mol. The molecule has 3 heterocycles. The number of hydrogen-bond acceptors (Lipinski definition) is 7. The second-order valence-electron chi connectivity index (χ2n) is 10.9. The van der Waals surface area contributed by atoms with Crippen LogP contribution in [0.5, 0.6) is 5.75 Å². The van der Waals surface area contributed by atoms with Crippen LogP contribution in [0.1, 0.15) is 43.7 Å². The molecule has 0 amide bonds. The number of anilines is 2. The quantitative estimate of drug-likeness (QED) is 0.330. The highest BCUT2D eigenvalue weighted by Gasteiger charge is 2.21. The second-order valence-corrected chi connectivity index (χ2v) is 10.9. The number of fused-ring (bicyclic) bond motifs is 1. The number of rotatable bonds is 8. The molecule has 8 heteroatoms. The minimum Gasteiger partial charge on any atom is -0.497 e. The maximum absolute atomic E-state index is 5.30. The van der Waals surface area contributed by atoms with Gasteiger partial charge in [-0.1, -0.05) is 31.4 Å². The number of hydrogen-bond donors (Lipinski definition) is 1. The van der Waals surface area contributed by atoms with Crippen molar-refractivity contribution in [3.05, 3.63) is 60.4 Å². The van der Waals surface area contributed by atoms with Crippen LogP contribution in [-0.4, -0.2) is 71.3 Å². The molecule has 1 saturated heterocycles. The molecule has 0 atom stereocenters. The van der Waals surface area contributed by atoms with Crippen molar-refractivity contribution in [3.8, 4) is 17.1 Å². The van der Waals surface area contributed by atoms with Gasteiger partial charge in [0.15, 0.2) is 17.3 Å². The molecule has 2 fully saturated rings. The monoisotopic (exact) mass is 525 g/mol. The summed E-state index contributed by atoms with van der Waals surface area (Å²) in [6, 6.07) is 17.4. The molecular formula is C31H39N7O. The van der Waals surface area contributed by atoms with Crippen LogP contribution < -0.4 is 15.0 Å². The lowest BCUT2D eigenvalue weighted by Gasteiger charge is -2.34. The van der Waals surface area contributed by atoms with E-state index in [1.165, 1.54) is 43.4 Å². The molecule has 2 aromatic heterocycles. The molecule has 4 aromatic rings. The van der Waals surface area contributed by atoms with E-state index in [0.29, 0.717) is 6.04 Å². The molecular weight excluding hydrogens is 486 g/mol. The molecule has 39 heavy (non-hydrogen) atoms. The molecule has 2 aliphatic rings. The number of benzene rings is 2. The maximum Gasteiger partial charge on any atom is 0.166 e. The first-order valence-electron chi connectivity index (χ1n) is 14.3. The molecule has 1 aliphatic carbocycles. The van der Waals surface area contributed by atoms with Crippen LogP contribution in [0.3, 0.4) is 0 Å². The standard InChI is InChI=1S/C31H39N7O/c1-36-18-20-37(21-19-36)25-12-10-24(11-13-25)29-34-30(32-17-16-23-8-14-27(39-2)15-9-23)28-31(35-29)38(22-33-28)26-6-4-3-5-7-26/h8-15,22,26H,3-7,16-21H2,1-2H3,(H,32,34,35). The summed E-state index contributed by atoms with van der Waals surface area (Å²) in [5, 5.41) is 3.59. The maximum atomic E-state index is 5.30. The molecule has 8 nitrogen and oxygen atoms in total. The summed E-state index contributed by atoms with van der Waals surface area (Å²) in [4.78, 5) is 19.7. The lowest BCUT2D eigenvalue weighted by atomic mass is 9.95. The summed E-state index contributed by atoms with van der Waals surface area (Å²) in [6.45, 7) is 5.06. The van der Waals surface area contributed by atoms with Crippen LogP contribution in [0.15, 0.2) is 54.9 Å². The number of piperazine rings is 1. The van der Waals surface area contributed by atoms with Crippen molar-refractivity contribution < 1.29 is 4.74 Å². The van der Waals surface area contributed by atoms with Gasteiger partial charge >= 0.3 is 0 Å². The summed E-state index contributed by atoms with van der Waals surface area (Å²) >= 11 is 0. The Balaban J connectivity index is 1.28. The summed E-state index contributed by atoms with van der Waals surface area (Å²) in [6.07, 6.45) is 9.08. The van der Waals surface area contributed by atoms with Crippen molar-refractivity contribution in [2.75, 3.05) is 57.1 Å². The predicted octanol–water partition coefficient (Wildman–Crippen LogP) is 5.41. The van der Waals surface area contributed by atoms with Crippen LogP contribution in [0.4, 0.5) is 11.5 Å². The topological polar surface area (TPSA) is 71.3 Å². The van der Waals surface area contributed by atoms with E-state index in [2.05, 4.69) is 63.1 Å². The van der Waals surface area contributed by atoms with Crippen molar-refractivity contribution in [1.29, 1.82) is 0 Å². The number of aromatic nitrogens is 4. The fourth-order valence-electron chi connectivity index (χ4n) is 5.80. The van der Waals surface area contributed by atoms with Gasteiger partial charge in [0.1, 0.15) is 11.3 Å². The molecule has 204 valence electrons. The van der Waals surface area contributed by atoms with Gasteiger partial charge in [0.05, 0.1) is 13.4 Å². The third kappa shape index (κ3) is 5.71. The minimum atomic E-state index is 0.457. The smallest absolute Gasteiger partial charge is 0.166 e. The fourth-order valence-corrected chi connectivity index (χ4v) is 5.80. The zero-order valence-corrected chi connectivity index (χ0v) is 23.1. The Labute approximate surface area is 231 Å². The summed E-state index contributed by atoms with van der Waals surface area (Å²) in [5.41, 5.74) is 5.33. The largest absolute Gasteiger partial charge is 0.497 e. The number of nitrogens with one attached hydrogen (secondary N) is 1. The molecule has 1 aliphatic heterocycles. The zero-order valence-electron chi connectivity index (χ0n) is 23.1. The van der Waals surface area contributed by atoms with E-state index in [4.69, 9.17) is 19.7 Å². The van der Waals surface area contributed by atoms with Crippen molar-refractivity contribution in [2.45, 2.75) is 44.6 Å². The molecule has 1 saturated carbocycles. The average Bonchev–Trinajstić information content (AvgIpc) is 3.43. The SMILES string of the molecule is COc1ccc(CCNc2nc(-c3ccc(N4CCN(C)CC4)cc3)nc3c2ncn3C2CCCCC2)cc1. The molecule has 0 bridgehead atoms. The van der Waals surface area contributed by atoms with Gasteiger partial charge in [-0.05, 0) is 68.3 Å². The van der Waals surface area contributed by atoms with Gasteiger partial charge in [-0.15, -0.1) is 0 Å². The first-order valence-corrected chi connectivity index (χ1v) is 14.3. The van der Waals surface area contributed by atoms with E-state index in [-0.39, 0.29) is 0 Å². The van der Waals surface area contributed by atoms with Crippen molar-refractivity contribution >= 4 is 22.7 Å². The third-order valence-electron chi connectivity index (χ3n) is 8.25. The van der Waals surface area contributed by atoms with Crippen LogP contribution in [-0.2, 0) is 6.42 Å². The van der Waals surface area contributed by atoms with E-state index in [9.17, 15) is 0 Å². The summed E-state index contributed by atoms with van der Waals surface area (Å²) in [7, 11) is 3.88. The Hall–Kier alpha value is -3.65. The summed E-state index contributed by atoms with van der Waals surface area (Å²) in [5.74, 6) is 2.43. The Morgan fingerprint density at radius 3 is 2.36 bits per heavy atom. The first kappa shape index (κ1) is 25.6. The molecule has 1 N–H and O–H groups in total. The van der Waals surface area contributed by atoms with E-state index < -0.39 is 0 Å². The van der Waals surface area contributed by atoms with Crippen molar-refractivity contribution in [1.82, 2.24) is 24.4 Å². The predicted molar refractivity (Wildman–Crippen MR) is 158 cm³/mol. The Morgan fingerprint density at radius 1 is 0.897 bits per heavy atom. The lowest BCUT2D eigenvalue weighted by molar-refractivity contribution is 0.313. The highest BCUT2D eigenvalue weighted by Crippen LogP contribution is 2.33. The highest BCUT2D eigenvalue weighted by molar-refractivity contribution is 5.85. The van der Waals surface area contributed by atoms with Crippen LogP contribution in [0, 0.1) is 0 Å². The normalized spacial score (nSPS) is 17.0. The number of ether oxygens (including phenoxy) is 1. The van der Waals surface area contributed by atoms with Gasteiger partial charge in [-0.25, -0.2) is 15.0 Å². The zero-order chi connectivity index (χ0) is 26.6. The minimum absolute atomic E-state index is 0.457. The Kier molecular flexibility index (Phi) is 7.63. The third-order valence-corrected chi connectivity index (χ3v) is 8.25. The van der Waals surface area contributed by atoms with Crippen molar-refractivity contribution in [2.24, 2.45) is 0 Å². The lowest BCUT2D eigenvalue weighted by Crippen LogP contribution is -2.44. The number of imidazole rings is 1. The van der Waals surface area contributed by atoms with Crippen LogP contribution in [0.25, 0.3) is 22.6 Å². The Bertz CT molecular complexity index is 1370. The number of likely N-dealkylation sites (N-methyl/N-ethyl adjacent to an activating group) is 1. The summed E-state index contributed by atoms with van der Waals surface area (Å²) < 4.78 is 7.60. The number of methoxy groups -OCH3 is 1. The van der Waals surface area contributed by atoms with Gasteiger partial charge in [0.2, 0.25) is 0 Å². The fraction of sp³-hybridized carbons (Fsp3) is 0.452.